The average molecular weight is 476 g/mol. The van der Waals surface area contributed by atoms with E-state index in [4.69, 9.17) is 15.8 Å². The van der Waals surface area contributed by atoms with Gasteiger partial charge in [-0.05, 0) is 73.6 Å². The minimum atomic E-state index is -0.490. The maximum Gasteiger partial charge on any atom is 0.249 e. The number of nitriles is 1. The Hall–Kier alpha value is -3.77. The first-order chi connectivity index (χ1) is 16.9. The first-order valence-electron chi connectivity index (χ1n) is 11.8. The van der Waals surface area contributed by atoms with E-state index in [1.807, 2.05) is 16.8 Å². The van der Waals surface area contributed by atoms with Crippen molar-refractivity contribution in [1.29, 1.82) is 5.26 Å². The highest BCUT2D eigenvalue weighted by molar-refractivity contribution is 5.96. The fourth-order valence-electron chi connectivity index (χ4n) is 5.26. The van der Waals surface area contributed by atoms with E-state index < -0.39 is 11.7 Å². The number of carbonyl (C=O) groups excluding carboxylic acids is 2. The molecule has 2 N–H and O–H groups in total. The van der Waals surface area contributed by atoms with Crippen molar-refractivity contribution >= 4 is 22.7 Å². The summed E-state index contributed by atoms with van der Waals surface area (Å²) >= 11 is 0. The van der Waals surface area contributed by atoms with Crippen LogP contribution in [0.2, 0.25) is 0 Å². The van der Waals surface area contributed by atoms with E-state index in [2.05, 4.69) is 5.10 Å². The molecule has 2 fully saturated rings. The summed E-state index contributed by atoms with van der Waals surface area (Å²) in [5, 5.41) is 15.9. The molecule has 1 aromatic heterocycles. The highest BCUT2D eigenvalue weighted by Gasteiger charge is 2.37. The highest BCUT2D eigenvalue weighted by atomic mass is 19.1. The first kappa shape index (κ1) is 23.0. The Morgan fingerprint density at radius 3 is 2.69 bits per heavy atom. The molecule has 1 atom stereocenters. The van der Waals surface area contributed by atoms with Crippen LogP contribution in [0.3, 0.4) is 0 Å². The van der Waals surface area contributed by atoms with E-state index in [0.717, 1.165) is 43.1 Å². The lowest BCUT2D eigenvalue weighted by atomic mass is 9.81. The number of fused-ring (bicyclic) bond motifs is 1. The molecule has 0 bridgehead atoms. The molecule has 180 valence electrons. The van der Waals surface area contributed by atoms with E-state index in [1.54, 1.807) is 24.4 Å². The minimum Gasteiger partial charge on any atom is -0.366 e. The Morgan fingerprint density at radius 1 is 1.14 bits per heavy atom. The van der Waals surface area contributed by atoms with Gasteiger partial charge in [0.05, 0.1) is 36.0 Å². The van der Waals surface area contributed by atoms with E-state index in [-0.39, 0.29) is 23.4 Å². The lowest BCUT2D eigenvalue weighted by Crippen LogP contribution is -2.37. The van der Waals surface area contributed by atoms with Gasteiger partial charge in [-0.25, -0.2) is 9.45 Å². The molecule has 2 aliphatic rings. The SMILES string of the molecule is N#Cc1cc(F)cc([C@@H]2CCON2C(=O)C2CCC(Cn3ncc4cc(C(N)=O)ccc43)CC2)c1. The van der Waals surface area contributed by atoms with Crippen molar-refractivity contribution in [3.8, 4) is 6.07 Å². The van der Waals surface area contributed by atoms with Crippen LogP contribution in [0.4, 0.5) is 4.39 Å². The van der Waals surface area contributed by atoms with Crippen LogP contribution < -0.4 is 5.73 Å². The summed E-state index contributed by atoms with van der Waals surface area (Å²) in [5.74, 6) is -0.791. The molecule has 0 radical (unpaired) electrons. The van der Waals surface area contributed by atoms with Gasteiger partial charge in [0.1, 0.15) is 5.82 Å². The molecule has 0 unspecified atom stereocenters. The van der Waals surface area contributed by atoms with Gasteiger partial charge in [-0.3, -0.25) is 19.1 Å². The second-order valence-corrected chi connectivity index (χ2v) is 9.37. The largest absolute Gasteiger partial charge is 0.366 e. The maximum absolute atomic E-state index is 14.0. The van der Waals surface area contributed by atoms with Gasteiger partial charge < -0.3 is 5.73 Å². The Labute approximate surface area is 202 Å². The van der Waals surface area contributed by atoms with E-state index in [1.165, 1.54) is 17.2 Å². The predicted octanol–water partition coefficient (Wildman–Crippen LogP) is 3.86. The highest BCUT2D eigenvalue weighted by Crippen LogP contribution is 2.37. The minimum absolute atomic E-state index is 0.0720. The average Bonchev–Trinajstić information content (AvgIpc) is 3.51. The molecule has 1 aliphatic heterocycles. The number of rotatable bonds is 5. The number of primary amides is 1. The summed E-state index contributed by atoms with van der Waals surface area (Å²) < 4.78 is 15.9. The molecule has 35 heavy (non-hydrogen) atoms. The molecule has 2 aromatic carbocycles. The summed E-state index contributed by atoms with van der Waals surface area (Å²) in [7, 11) is 0. The van der Waals surface area contributed by atoms with Crippen molar-refractivity contribution in [3.05, 3.63) is 65.1 Å². The van der Waals surface area contributed by atoms with Crippen LogP contribution in [0, 0.1) is 29.0 Å². The molecule has 5 rings (SSSR count). The molecular formula is C26H26FN5O3. The zero-order valence-corrected chi connectivity index (χ0v) is 19.2. The van der Waals surface area contributed by atoms with Gasteiger partial charge in [0.2, 0.25) is 11.8 Å². The van der Waals surface area contributed by atoms with Gasteiger partial charge in [0, 0.05) is 29.8 Å². The molecule has 2 amide bonds. The Bertz CT molecular complexity index is 1320. The fourth-order valence-corrected chi connectivity index (χ4v) is 5.26. The molecule has 0 spiro atoms. The summed E-state index contributed by atoms with van der Waals surface area (Å²) in [6, 6.07) is 11.1. The van der Waals surface area contributed by atoms with Crippen molar-refractivity contribution in [2.45, 2.75) is 44.7 Å². The monoisotopic (exact) mass is 475 g/mol. The normalized spacial score (nSPS) is 22.3. The zero-order chi connectivity index (χ0) is 24.5. The fraction of sp³-hybridized carbons (Fsp3) is 0.385. The molecule has 9 heteroatoms. The lowest BCUT2D eigenvalue weighted by molar-refractivity contribution is -0.183. The summed E-state index contributed by atoms with van der Waals surface area (Å²) in [6.45, 7) is 1.12. The second kappa shape index (κ2) is 9.47. The van der Waals surface area contributed by atoms with Gasteiger partial charge >= 0.3 is 0 Å². The van der Waals surface area contributed by atoms with Crippen LogP contribution in [0.5, 0.6) is 0 Å². The molecule has 3 aromatic rings. The predicted molar refractivity (Wildman–Crippen MR) is 125 cm³/mol. The number of amides is 2. The number of hydrogen-bond donors (Lipinski definition) is 1. The molecule has 1 aliphatic carbocycles. The number of carbonyl (C=O) groups is 2. The topological polar surface area (TPSA) is 114 Å². The van der Waals surface area contributed by atoms with Crippen molar-refractivity contribution in [2.24, 2.45) is 17.6 Å². The Balaban J connectivity index is 1.22. The van der Waals surface area contributed by atoms with Crippen LogP contribution in [-0.4, -0.2) is 33.3 Å². The van der Waals surface area contributed by atoms with E-state index in [0.29, 0.717) is 30.1 Å². The number of nitrogens with two attached hydrogens (primary N) is 1. The van der Waals surface area contributed by atoms with Gasteiger partial charge in [0.25, 0.3) is 0 Å². The van der Waals surface area contributed by atoms with Gasteiger partial charge in [0.15, 0.2) is 0 Å². The number of nitrogens with zero attached hydrogens (tertiary/aromatic N) is 4. The van der Waals surface area contributed by atoms with Crippen molar-refractivity contribution in [3.63, 3.8) is 0 Å². The molecule has 1 saturated carbocycles. The van der Waals surface area contributed by atoms with Gasteiger partial charge in [-0.1, -0.05) is 0 Å². The van der Waals surface area contributed by atoms with E-state index in [9.17, 15) is 14.0 Å². The first-order valence-corrected chi connectivity index (χ1v) is 11.8. The van der Waals surface area contributed by atoms with Crippen LogP contribution in [0.1, 0.15) is 59.6 Å². The maximum atomic E-state index is 14.0. The number of hydrogen-bond acceptors (Lipinski definition) is 5. The summed E-state index contributed by atoms with van der Waals surface area (Å²) in [5.41, 5.74) is 7.60. The Kier molecular flexibility index (Phi) is 6.22. The summed E-state index contributed by atoms with van der Waals surface area (Å²) in [4.78, 5) is 30.4. The zero-order valence-electron chi connectivity index (χ0n) is 19.2. The third-order valence-electron chi connectivity index (χ3n) is 7.11. The quantitative estimate of drug-likeness (QED) is 0.602. The van der Waals surface area contributed by atoms with Gasteiger partial charge in [-0.2, -0.15) is 10.4 Å². The summed E-state index contributed by atoms with van der Waals surface area (Å²) in [6.07, 6.45) is 5.56. The van der Waals surface area contributed by atoms with Crippen LogP contribution in [0.25, 0.3) is 10.9 Å². The third kappa shape index (κ3) is 4.62. The van der Waals surface area contributed by atoms with Crippen LogP contribution in [-0.2, 0) is 16.2 Å². The smallest absolute Gasteiger partial charge is 0.249 e. The molecule has 2 heterocycles. The Morgan fingerprint density at radius 2 is 1.94 bits per heavy atom. The van der Waals surface area contributed by atoms with Crippen LogP contribution in [0.15, 0.2) is 42.6 Å². The molecule has 1 saturated heterocycles. The number of aromatic nitrogens is 2. The van der Waals surface area contributed by atoms with E-state index >= 15 is 0 Å². The molecule has 8 nitrogen and oxygen atoms in total. The second-order valence-electron chi connectivity index (χ2n) is 9.37. The number of halogens is 1. The lowest BCUT2D eigenvalue weighted by Gasteiger charge is -2.32. The third-order valence-corrected chi connectivity index (χ3v) is 7.11. The van der Waals surface area contributed by atoms with Gasteiger partial charge in [-0.15, -0.1) is 0 Å². The van der Waals surface area contributed by atoms with Crippen molar-refractivity contribution < 1.29 is 18.8 Å². The van der Waals surface area contributed by atoms with Crippen LogP contribution >= 0.6 is 0 Å². The molecular weight excluding hydrogens is 449 g/mol. The standard InChI is InChI=1S/C26H26FN5O3/c27-22-10-17(13-28)9-20(12-22)24-7-8-35-32(24)26(34)18-3-1-16(2-4-18)15-31-23-6-5-19(25(29)33)11-21(23)14-30-31/h5-6,9-12,14,16,18,24H,1-4,7-8,15H2,(H2,29,33)/t16?,18?,24-/m0/s1. The number of hydroxylamine groups is 2. The van der Waals surface area contributed by atoms with Crippen molar-refractivity contribution in [1.82, 2.24) is 14.8 Å². The number of benzene rings is 2. The van der Waals surface area contributed by atoms with Crippen molar-refractivity contribution in [2.75, 3.05) is 6.61 Å².